The molecule has 1 atom stereocenters. The summed E-state index contributed by atoms with van der Waals surface area (Å²) in [6, 6.07) is 23.4. The van der Waals surface area contributed by atoms with E-state index in [-0.39, 0.29) is 18.2 Å². The van der Waals surface area contributed by atoms with Crippen LogP contribution in [0.5, 0.6) is 0 Å². The van der Waals surface area contributed by atoms with Crippen LogP contribution >= 0.6 is 11.6 Å². The molecule has 5 rings (SSSR count). The third-order valence-corrected chi connectivity index (χ3v) is 6.88. The van der Waals surface area contributed by atoms with Crippen LogP contribution in [-0.2, 0) is 17.8 Å². The second-order valence-electron chi connectivity index (χ2n) is 9.15. The Bertz CT molecular complexity index is 1390. The highest BCUT2D eigenvalue weighted by atomic mass is 35.5. The minimum atomic E-state index is -0.518. The smallest absolute Gasteiger partial charge is 0.253 e. The number of anilines is 1. The molecule has 37 heavy (non-hydrogen) atoms. The molecule has 0 radical (unpaired) electrons. The van der Waals surface area contributed by atoms with Gasteiger partial charge in [-0.15, -0.1) is 10.2 Å². The Labute approximate surface area is 220 Å². The summed E-state index contributed by atoms with van der Waals surface area (Å²) in [5, 5.41) is 15.1. The third-order valence-electron chi connectivity index (χ3n) is 6.55. The minimum absolute atomic E-state index is 0.0691. The summed E-state index contributed by atoms with van der Waals surface area (Å²) in [6.07, 6.45) is 4.50. The highest BCUT2D eigenvalue weighted by Gasteiger charge is 2.21. The van der Waals surface area contributed by atoms with E-state index in [0.717, 1.165) is 48.6 Å². The summed E-state index contributed by atoms with van der Waals surface area (Å²) in [7, 11) is 0. The fraction of sp³-hybridized carbons (Fsp3) is 0.241. The van der Waals surface area contributed by atoms with Gasteiger partial charge in [0.15, 0.2) is 5.82 Å². The van der Waals surface area contributed by atoms with Crippen molar-refractivity contribution < 1.29 is 9.59 Å². The first-order chi connectivity index (χ1) is 18.1. The van der Waals surface area contributed by atoms with Gasteiger partial charge in [0.05, 0.1) is 23.0 Å². The largest absolute Gasteiger partial charge is 0.345 e. The molecule has 4 aromatic rings. The maximum absolute atomic E-state index is 13.0. The van der Waals surface area contributed by atoms with E-state index in [2.05, 4.69) is 25.4 Å². The molecule has 1 aliphatic rings. The highest BCUT2D eigenvalue weighted by molar-refractivity contribution is 6.33. The number of amides is 2. The van der Waals surface area contributed by atoms with Gasteiger partial charge in [0.1, 0.15) is 5.82 Å². The highest BCUT2D eigenvalue weighted by Crippen LogP contribution is 2.25. The first-order valence-corrected chi connectivity index (χ1v) is 12.9. The Hall–Kier alpha value is -3.97. The maximum atomic E-state index is 13.0. The lowest BCUT2D eigenvalue weighted by atomic mass is 10.0. The number of carbonyl (C=O) groups excluding carboxylic acids is 2. The average molecular weight is 514 g/mol. The first-order valence-electron chi connectivity index (χ1n) is 12.5. The molecule has 0 unspecified atom stereocenters. The molecule has 0 saturated carbocycles. The lowest BCUT2D eigenvalue weighted by Crippen LogP contribution is -2.31. The van der Waals surface area contributed by atoms with Crippen molar-refractivity contribution in [1.82, 2.24) is 20.1 Å². The molecule has 0 bridgehead atoms. The molecular formula is C29H28ClN5O2. The van der Waals surface area contributed by atoms with Crippen LogP contribution in [0, 0.1) is 0 Å². The van der Waals surface area contributed by atoms with Crippen molar-refractivity contribution in [2.24, 2.45) is 0 Å². The monoisotopic (exact) mass is 513 g/mol. The number of hydrogen-bond acceptors (Lipinski definition) is 4. The Morgan fingerprint density at radius 1 is 0.892 bits per heavy atom. The van der Waals surface area contributed by atoms with Crippen molar-refractivity contribution in [2.45, 2.75) is 44.7 Å². The Morgan fingerprint density at radius 2 is 1.65 bits per heavy atom. The van der Waals surface area contributed by atoms with Crippen LogP contribution in [0.2, 0.25) is 5.02 Å². The normalized spacial score (nSPS) is 13.8. The summed E-state index contributed by atoms with van der Waals surface area (Å²) in [6.45, 7) is 0.928. The lowest BCUT2D eigenvalue weighted by Gasteiger charge is -2.19. The van der Waals surface area contributed by atoms with Gasteiger partial charge in [0.25, 0.3) is 5.91 Å². The van der Waals surface area contributed by atoms with Crippen molar-refractivity contribution in [1.29, 1.82) is 0 Å². The number of aryl methyl sites for hydroxylation is 1. The van der Waals surface area contributed by atoms with Gasteiger partial charge in [0, 0.05) is 24.2 Å². The van der Waals surface area contributed by atoms with E-state index in [1.54, 1.807) is 24.3 Å². The quantitative estimate of drug-likeness (QED) is 0.325. The zero-order valence-electron chi connectivity index (χ0n) is 20.4. The third kappa shape index (κ3) is 5.89. The van der Waals surface area contributed by atoms with Crippen LogP contribution in [0.25, 0.3) is 11.4 Å². The number of nitrogens with one attached hydrogen (secondary N) is 2. The van der Waals surface area contributed by atoms with Crippen LogP contribution in [0.3, 0.4) is 0 Å². The fourth-order valence-electron chi connectivity index (χ4n) is 4.62. The molecule has 188 valence electrons. The minimum Gasteiger partial charge on any atom is -0.345 e. The fourth-order valence-corrected chi connectivity index (χ4v) is 4.84. The topological polar surface area (TPSA) is 88.9 Å². The molecule has 0 spiro atoms. The van der Waals surface area contributed by atoms with E-state index in [9.17, 15) is 9.59 Å². The lowest BCUT2D eigenvalue weighted by molar-refractivity contribution is -0.116. The predicted molar refractivity (Wildman–Crippen MR) is 144 cm³/mol. The number of fused-ring (bicyclic) bond motifs is 1. The summed E-state index contributed by atoms with van der Waals surface area (Å²) in [5.41, 5.74) is 2.84. The molecule has 3 aromatic carbocycles. The van der Waals surface area contributed by atoms with E-state index in [0.29, 0.717) is 16.3 Å². The number of carbonyl (C=O) groups is 2. The van der Waals surface area contributed by atoms with Gasteiger partial charge >= 0.3 is 0 Å². The van der Waals surface area contributed by atoms with E-state index in [4.69, 9.17) is 11.6 Å². The Kier molecular flexibility index (Phi) is 7.61. The standard InChI is InChI=1S/C29H28ClN5O2/c30-24-12-7-6-11-23(24)29(37)32-25(20-9-3-1-4-10-20)19-27(36)31-22-16-14-21(15-17-22)28-34-33-26-13-5-2-8-18-35(26)28/h1,3-4,6-7,9-12,14-17,25H,2,5,8,13,18-19H2,(H,31,36)(H,32,37)/t25-/m1/s1. The van der Waals surface area contributed by atoms with Gasteiger partial charge < -0.3 is 15.2 Å². The Balaban J connectivity index is 1.28. The second kappa shape index (κ2) is 11.4. The maximum Gasteiger partial charge on any atom is 0.253 e. The molecule has 2 heterocycles. The van der Waals surface area contributed by atoms with Crippen molar-refractivity contribution in [3.05, 3.63) is 101 Å². The van der Waals surface area contributed by atoms with Gasteiger partial charge in [-0.2, -0.15) is 0 Å². The van der Waals surface area contributed by atoms with Gasteiger partial charge in [-0.3, -0.25) is 9.59 Å². The molecule has 1 aromatic heterocycles. The van der Waals surface area contributed by atoms with Crippen molar-refractivity contribution in [3.8, 4) is 11.4 Å². The molecular weight excluding hydrogens is 486 g/mol. The number of hydrogen-bond donors (Lipinski definition) is 2. The van der Waals surface area contributed by atoms with Crippen LogP contribution in [0.4, 0.5) is 5.69 Å². The van der Waals surface area contributed by atoms with Gasteiger partial charge in [-0.05, 0) is 54.8 Å². The summed E-state index contributed by atoms with van der Waals surface area (Å²) >= 11 is 6.21. The van der Waals surface area contributed by atoms with E-state index < -0.39 is 6.04 Å². The van der Waals surface area contributed by atoms with Crippen LogP contribution in [0.15, 0.2) is 78.9 Å². The van der Waals surface area contributed by atoms with Crippen LogP contribution in [0.1, 0.15) is 53.5 Å². The molecule has 7 nitrogen and oxygen atoms in total. The number of aromatic nitrogens is 3. The number of benzene rings is 3. The summed E-state index contributed by atoms with van der Waals surface area (Å²) in [5.74, 6) is 1.36. The molecule has 1 aliphatic heterocycles. The molecule has 0 saturated heterocycles. The number of halogens is 1. The number of rotatable bonds is 7. The molecule has 2 amide bonds. The van der Waals surface area contributed by atoms with Crippen LogP contribution < -0.4 is 10.6 Å². The zero-order valence-corrected chi connectivity index (χ0v) is 21.1. The summed E-state index contributed by atoms with van der Waals surface area (Å²) < 4.78 is 2.20. The van der Waals surface area contributed by atoms with Crippen molar-refractivity contribution >= 4 is 29.1 Å². The zero-order chi connectivity index (χ0) is 25.6. The molecule has 8 heteroatoms. The van der Waals surface area contributed by atoms with Crippen LogP contribution in [-0.4, -0.2) is 26.6 Å². The molecule has 0 fully saturated rings. The average Bonchev–Trinajstić information content (AvgIpc) is 3.17. The van der Waals surface area contributed by atoms with Crippen molar-refractivity contribution in [3.63, 3.8) is 0 Å². The van der Waals surface area contributed by atoms with Gasteiger partial charge in [-0.25, -0.2) is 0 Å². The summed E-state index contributed by atoms with van der Waals surface area (Å²) in [4.78, 5) is 25.9. The van der Waals surface area contributed by atoms with Gasteiger partial charge in [0.2, 0.25) is 5.91 Å². The predicted octanol–water partition coefficient (Wildman–Crippen LogP) is 5.82. The van der Waals surface area contributed by atoms with E-state index in [1.807, 2.05) is 54.6 Å². The second-order valence-corrected chi connectivity index (χ2v) is 9.56. The molecule has 0 aliphatic carbocycles. The number of nitrogens with zero attached hydrogens (tertiary/aromatic N) is 3. The van der Waals surface area contributed by atoms with Gasteiger partial charge in [-0.1, -0.05) is 60.5 Å². The Morgan fingerprint density at radius 3 is 2.43 bits per heavy atom. The van der Waals surface area contributed by atoms with E-state index in [1.165, 1.54) is 6.42 Å². The van der Waals surface area contributed by atoms with Crippen molar-refractivity contribution in [2.75, 3.05) is 5.32 Å². The first kappa shape index (κ1) is 24.7. The SMILES string of the molecule is O=C(C[C@@H](NC(=O)c1ccccc1Cl)c1ccccc1)Nc1ccc(-c2nnc3n2CCCCC3)cc1. The van der Waals surface area contributed by atoms with E-state index >= 15 is 0 Å². The molecule has 2 N–H and O–H groups in total.